The molecule has 0 saturated heterocycles. The van der Waals surface area contributed by atoms with Crippen LogP contribution in [0.1, 0.15) is 37.0 Å². The summed E-state index contributed by atoms with van der Waals surface area (Å²) in [6, 6.07) is 4.18. The van der Waals surface area contributed by atoms with Crippen LogP contribution in [0.3, 0.4) is 0 Å². The number of hydrogen-bond donors (Lipinski definition) is 5. The largest absolute Gasteiger partial charge is 0.512 e. The molecule has 1 amide bonds. The lowest BCUT2D eigenvalue weighted by atomic mass is 10.1. The Balaban J connectivity index is 2.75. The molecule has 1 aliphatic heterocycles. The van der Waals surface area contributed by atoms with Gasteiger partial charge in [-0.1, -0.05) is 23.8 Å². The molecule has 0 bridgehead atoms. The van der Waals surface area contributed by atoms with E-state index in [-0.39, 0.29) is 5.76 Å². The van der Waals surface area contributed by atoms with Gasteiger partial charge in [-0.25, -0.2) is 4.99 Å². The molecule has 1 aromatic carbocycles. The third-order valence-electron chi connectivity index (χ3n) is 5.89. The van der Waals surface area contributed by atoms with Crippen molar-refractivity contribution in [2.75, 3.05) is 26.3 Å². The molecule has 0 atom stereocenters. The van der Waals surface area contributed by atoms with Gasteiger partial charge in [0.2, 0.25) is 6.41 Å². The van der Waals surface area contributed by atoms with Gasteiger partial charge >= 0.3 is 0 Å². The summed E-state index contributed by atoms with van der Waals surface area (Å²) in [5.41, 5.74) is 14.2. The van der Waals surface area contributed by atoms with Gasteiger partial charge in [0, 0.05) is 42.6 Å². The van der Waals surface area contributed by atoms with E-state index in [0.29, 0.717) is 67.7 Å². The van der Waals surface area contributed by atoms with Gasteiger partial charge in [0.05, 0.1) is 24.5 Å². The zero-order chi connectivity index (χ0) is 28.1. The number of nitrogens with one attached hydrogen (secondary N) is 2. The highest BCUT2D eigenvalue weighted by Gasteiger charge is 2.21. The summed E-state index contributed by atoms with van der Waals surface area (Å²) in [6.45, 7) is 11.4. The maximum atomic E-state index is 11.7. The maximum Gasteiger partial charge on any atom is 0.211 e. The number of benzene rings is 1. The second kappa shape index (κ2) is 15.2. The summed E-state index contributed by atoms with van der Waals surface area (Å²) >= 11 is 0. The number of nitrogens with zero attached hydrogens (tertiary/aromatic N) is 2. The van der Waals surface area contributed by atoms with Crippen LogP contribution < -0.4 is 22.3 Å². The van der Waals surface area contributed by atoms with Gasteiger partial charge in [0.25, 0.3) is 0 Å². The van der Waals surface area contributed by atoms with Crippen LogP contribution in [-0.4, -0.2) is 48.6 Å². The normalized spacial score (nSPS) is 19.8. The number of rotatable bonds is 10. The fraction of sp³-hybridized carbons (Fsp3) is 0.357. The van der Waals surface area contributed by atoms with Gasteiger partial charge in [-0.2, -0.15) is 0 Å². The third kappa shape index (κ3) is 8.17. The first-order chi connectivity index (χ1) is 18.3. The lowest BCUT2D eigenvalue weighted by Gasteiger charge is -2.25. The molecule has 0 saturated carbocycles. The minimum Gasteiger partial charge on any atom is -0.512 e. The van der Waals surface area contributed by atoms with Crippen LogP contribution in [0.4, 0.5) is 5.69 Å². The maximum absolute atomic E-state index is 11.7. The van der Waals surface area contributed by atoms with E-state index in [1.165, 1.54) is 6.20 Å². The number of amidine groups is 1. The molecule has 206 valence electrons. The van der Waals surface area contributed by atoms with Crippen LogP contribution in [0, 0.1) is 20.8 Å². The second-order valence-electron chi connectivity index (χ2n) is 8.63. The van der Waals surface area contributed by atoms with Gasteiger partial charge in [0.15, 0.2) is 5.76 Å². The van der Waals surface area contributed by atoms with E-state index in [1.54, 1.807) is 6.08 Å². The molecular weight excluding hydrogens is 484 g/mol. The van der Waals surface area contributed by atoms with Crippen molar-refractivity contribution in [3.8, 4) is 0 Å². The van der Waals surface area contributed by atoms with Crippen molar-refractivity contribution in [3.63, 3.8) is 0 Å². The summed E-state index contributed by atoms with van der Waals surface area (Å²) in [6.07, 6.45) is 8.67. The molecule has 1 aliphatic rings. The van der Waals surface area contributed by atoms with E-state index in [0.717, 1.165) is 28.6 Å². The Kier molecular flexibility index (Phi) is 12.0. The van der Waals surface area contributed by atoms with Crippen LogP contribution in [0.5, 0.6) is 0 Å². The summed E-state index contributed by atoms with van der Waals surface area (Å²) in [5.74, 6) is 6.90. The average Bonchev–Trinajstić information content (AvgIpc) is 2.94. The minimum absolute atomic E-state index is 0.231. The number of aliphatic imine (C=N–C) groups is 1. The summed E-state index contributed by atoms with van der Waals surface area (Å²) < 4.78 is 11.6. The Morgan fingerprint density at radius 3 is 2.55 bits per heavy atom. The van der Waals surface area contributed by atoms with Crippen molar-refractivity contribution in [1.82, 2.24) is 15.6 Å². The molecule has 1 aromatic rings. The Labute approximate surface area is 225 Å². The molecule has 0 radical (unpaired) electrons. The number of aliphatic hydroxyl groups excluding tert-OH is 1. The van der Waals surface area contributed by atoms with E-state index in [4.69, 9.17) is 26.0 Å². The molecule has 38 heavy (non-hydrogen) atoms. The summed E-state index contributed by atoms with van der Waals surface area (Å²) in [4.78, 5) is 18.8. The average molecular weight is 525 g/mol. The number of aryl methyl sites for hydroxylation is 3. The monoisotopic (exact) mass is 524 g/mol. The van der Waals surface area contributed by atoms with E-state index in [2.05, 4.69) is 29.8 Å². The van der Waals surface area contributed by atoms with Crippen LogP contribution in [0.15, 0.2) is 76.3 Å². The first-order valence-electron chi connectivity index (χ1n) is 12.5. The molecule has 0 aromatic heterocycles. The highest BCUT2D eigenvalue weighted by molar-refractivity contribution is 5.97. The molecule has 0 aliphatic carbocycles. The van der Waals surface area contributed by atoms with Crippen LogP contribution in [-0.2, 0) is 14.3 Å². The Morgan fingerprint density at radius 1 is 1.29 bits per heavy atom. The Bertz CT molecular complexity index is 1140. The highest BCUT2D eigenvalue weighted by atomic mass is 16.5. The molecule has 0 spiro atoms. The van der Waals surface area contributed by atoms with Crippen molar-refractivity contribution in [2.24, 2.45) is 16.6 Å². The fourth-order valence-electron chi connectivity index (χ4n) is 4.15. The lowest BCUT2D eigenvalue weighted by Crippen LogP contribution is -2.35. The number of hydrogen-bond acceptors (Lipinski definition) is 8. The van der Waals surface area contributed by atoms with E-state index in [9.17, 15) is 9.90 Å². The molecule has 2 rings (SSSR count). The standard InChI is InChI=1S/C28H40N6O4/c1-6-24-25(31-18-36)15-27(32-28-20(4)12-19(3)13-21(28)5)34(9-8-22(16-29)33-30)10-11-38-26(24)14-23(17-35)37-7-2/h6,12-18,33,35H,7-11,29-30H2,1-5H3,(H,31,36)/b22-16-,23-17-,24-6-,25-15-,26-14+,32-27+. The van der Waals surface area contributed by atoms with Crippen LogP contribution in [0.2, 0.25) is 0 Å². The number of hydrazine groups is 1. The van der Waals surface area contributed by atoms with Gasteiger partial charge in [-0.15, -0.1) is 0 Å². The SMILES string of the molecule is C/C=C1C(/NC=O)=C/C(=N\c2c(C)cc(C)cc2C)N(CC/C(=C/N)NN)CCOC/1=C/C(=C/O)OCC. The number of nitrogens with two attached hydrogens (primary N) is 2. The molecule has 0 unspecified atom stereocenters. The van der Waals surface area contributed by atoms with Crippen LogP contribution in [0.25, 0.3) is 0 Å². The number of amides is 1. The van der Waals surface area contributed by atoms with Crippen molar-refractivity contribution >= 4 is 17.9 Å². The van der Waals surface area contributed by atoms with Crippen molar-refractivity contribution < 1.29 is 19.4 Å². The third-order valence-corrected chi connectivity index (χ3v) is 5.89. The van der Waals surface area contributed by atoms with Crippen molar-refractivity contribution in [2.45, 2.75) is 41.0 Å². The minimum atomic E-state index is 0.231. The van der Waals surface area contributed by atoms with Gasteiger partial charge in [-0.3, -0.25) is 10.6 Å². The Morgan fingerprint density at radius 2 is 2.00 bits per heavy atom. The van der Waals surface area contributed by atoms with Gasteiger partial charge < -0.3 is 36.0 Å². The number of aliphatic hydroxyl groups is 1. The van der Waals surface area contributed by atoms with E-state index >= 15 is 0 Å². The molecule has 10 heteroatoms. The molecule has 10 nitrogen and oxygen atoms in total. The molecule has 1 heterocycles. The van der Waals surface area contributed by atoms with Crippen molar-refractivity contribution in [1.29, 1.82) is 0 Å². The quantitative estimate of drug-likeness (QED) is 0.135. The van der Waals surface area contributed by atoms with Gasteiger partial charge in [0.1, 0.15) is 24.5 Å². The number of allylic oxidation sites excluding steroid dienone is 2. The first kappa shape index (κ1) is 30.0. The first-order valence-corrected chi connectivity index (χ1v) is 12.5. The topological polar surface area (TPSA) is 147 Å². The van der Waals surface area contributed by atoms with E-state index in [1.807, 2.05) is 44.7 Å². The molecular formula is C28H40N6O4. The number of carbonyl (C=O) groups excluding carboxylic acids is 1. The van der Waals surface area contributed by atoms with E-state index < -0.39 is 0 Å². The predicted octanol–water partition coefficient (Wildman–Crippen LogP) is 3.52. The smallest absolute Gasteiger partial charge is 0.211 e. The predicted molar refractivity (Wildman–Crippen MR) is 151 cm³/mol. The number of ether oxygens (including phenoxy) is 2. The highest BCUT2D eigenvalue weighted by Crippen LogP contribution is 2.28. The summed E-state index contributed by atoms with van der Waals surface area (Å²) in [7, 11) is 0. The van der Waals surface area contributed by atoms with Crippen molar-refractivity contribution in [3.05, 3.63) is 88.0 Å². The van der Waals surface area contributed by atoms with Crippen LogP contribution >= 0.6 is 0 Å². The zero-order valence-electron chi connectivity index (χ0n) is 22.9. The molecule has 0 fully saturated rings. The number of carbonyl (C=O) groups is 1. The fourth-order valence-corrected chi connectivity index (χ4v) is 4.15. The lowest BCUT2D eigenvalue weighted by molar-refractivity contribution is -0.108. The second-order valence-corrected chi connectivity index (χ2v) is 8.63. The Hall–Kier alpha value is -4.18. The van der Waals surface area contributed by atoms with Gasteiger partial charge in [-0.05, 0) is 45.7 Å². The molecule has 7 N–H and O–H groups in total. The zero-order valence-corrected chi connectivity index (χ0v) is 22.9. The summed E-state index contributed by atoms with van der Waals surface area (Å²) in [5, 5.41) is 12.4.